The van der Waals surface area contributed by atoms with Crippen molar-refractivity contribution in [3.05, 3.63) is 64.3 Å². The van der Waals surface area contributed by atoms with E-state index in [0.29, 0.717) is 0 Å². The molecule has 3 rings (SSSR count). The Balaban J connectivity index is 1.51. The molecule has 0 aliphatic rings. The highest BCUT2D eigenvalue weighted by Crippen LogP contribution is 2.26. The Labute approximate surface area is 187 Å². The zero-order valence-corrected chi connectivity index (χ0v) is 19.4. The van der Waals surface area contributed by atoms with Gasteiger partial charge in [0.2, 0.25) is 0 Å². The van der Waals surface area contributed by atoms with E-state index in [1.54, 1.807) is 0 Å². The van der Waals surface area contributed by atoms with Crippen LogP contribution in [0, 0.1) is 6.92 Å². The molecule has 3 aromatic rings. The van der Waals surface area contributed by atoms with Gasteiger partial charge in [-0.05, 0) is 67.4 Å². The number of fused-ring (bicyclic) bond motifs is 1. The van der Waals surface area contributed by atoms with Crippen LogP contribution < -0.4 is 10.2 Å². The first-order valence-corrected chi connectivity index (χ1v) is 11.5. The van der Waals surface area contributed by atoms with Crippen LogP contribution in [0.5, 0.6) is 5.75 Å². The SMILES string of the molecule is CCCCCCCCOc1ccc(/C=N/Nc2cc(C)nc3ccc(Br)cc23)cc1. The first-order valence-electron chi connectivity index (χ1n) is 10.7. The molecule has 2 aromatic carbocycles. The van der Waals surface area contributed by atoms with Gasteiger partial charge in [-0.25, -0.2) is 0 Å². The minimum absolute atomic E-state index is 0.783. The third-order valence-electron chi connectivity index (χ3n) is 4.94. The highest BCUT2D eigenvalue weighted by Gasteiger charge is 2.04. The van der Waals surface area contributed by atoms with Crippen LogP contribution in [0.1, 0.15) is 56.7 Å². The van der Waals surface area contributed by atoms with E-state index in [0.717, 1.165) is 51.1 Å². The smallest absolute Gasteiger partial charge is 0.119 e. The zero-order chi connectivity index (χ0) is 21.2. The second kappa shape index (κ2) is 11.7. The van der Waals surface area contributed by atoms with Gasteiger partial charge < -0.3 is 4.74 Å². The van der Waals surface area contributed by atoms with E-state index in [-0.39, 0.29) is 0 Å². The topological polar surface area (TPSA) is 46.5 Å². The number of pyridine rings is 1. The fraction of sp³-hybridized carbons (Fsp3) is 0.360. The molecule has 1 aromatic heterocycles. The first-order chi connectivity index (χ1) is 14.7. The molecule has 0 radical (unpaired) electrons. The van der Waals surface area contributed by atoms with Crippen LogP contribution in [0.25, 0.3) is 10.9 Å². The lowest BCUT2D eigenvalue weighted by atomic mass is 10.1. The first kappa shape index (κ1) is 22.3. The number of halogens is 1. The minimum atomic E-state index is 0.783. The maximum atomic E-state index is 5.84. The predicted octanol–water partition coefficient (Wildman–Crippen LogP) is 7.49. The lowest BCUT2D eigenvalue weighted by molar-refractivity contribution is 0.304. The van der Waals surface area contributed by atoms with Crippen molar-refractivity contribution in [2.45, 2.75) is 52.4 Å². The monoisotopic (exact) mass is 467 g/mol. The van der Waals surface area contributed by atoms with Crippen LogP contribution in [0.3, 0.4) is 0 Å². The number of hydrazone groups is 1. The van der Waals surface area contributed by atoms with Crippen molar-refractivity contribution in [1.29, 1.82) is 0 Å². The standard InChI is InChI=1S/C25H30BrN3O/c1-3-4-5-6-7-8-15-30-22-12-9-20(10-13-22)18-27-29-25-16-19(2)28-24-14-11-21(26)17-23(24)25/h9-14,16-18H,3-8,15H2,1-2H3,(H,28,29)/b27-18+. The van der Waals surface area contributed by atoms with E-state index in [9.17, 15) is 0 Å². The molecule has 0 saturated carbocycles. The average Bonchev–Trinajstić information content (AvgIpc) is 2.74. The number of rotatable bonds is 11. The Kier molecular flexibility index (Phi) is 8.69. The molecule has 5 heteroatoms. The Bertz CT molecular complexity index is 970. The minimum Gasteiger partial charge on any atom is -0.494 e. The maximum Gasteiger partial charge on any atom is 0.119 e. The highest BCUT2D eigenvalue weighted by atomic mass is 79.9. The van der Waals surface area contributed by atoms with Crippen molar-refractivity contribution >= 4 is 38.7 Å². The third kappa shape index (κ3) is 6.84. The second-order valence-corrected chi connectivity index (χ2v) is 8.44. The number of benzene rings is 2. The molecule has 0 saturated heterocycles. The molecule has 1 heterocycles. The quantitative estimate of drug-likeness (QED) is 0.180. The summed E-state index contributed by atoms with van der Waals surface area (Å²) in [5.74, 6) is 0.911. The molecule has 0 unspecified atom stereocenters. The summed E-state index contributed by atoms with van der Waals surface area (Å²) < 4.78 is 6.86. The van der Waals surface area contributed by atoms with Crippen molar-refractivity contribution in [3.63, 3.8) is 0 Å². The van der Waals surface area contributed by atoms with Crippen LogP contribution in [0.2, 0.25) is 0 Å². The number of hydrogen-bond acceptors (Lipinski definition) is 4. The lowest BCUT2D eigenvalue weighted by Gasteiger charge is -2.08. The van der Waals surface area contributed by atoms with Gasteiger partial charge in [0.05, 0.1) is 24.0 Å². The molecule has 0 amide bonds. The number of anilines is 1. The number of ether oxygens (including phenoxy) is 1. The maximum absolute atomic E-state index is 5.84. The molecule has 0 fully saturated rings. The summed E-state index contributed by atoms with van der Waals surface area (Å²) in [6.07, 6.45) is 9.46. The van der Waals surface area contributed by atoms with Gasteiger partial charge in [-0.1, -0.05) is 55.0 Å². The van der Waals surface area contributed by atoms with Gasteiger partial charge in [-0.2, -0.15) is 5.10 Å². The van der Waals surface area contributed by atoms with Crippen molar-refractivity contribution in [3.8, 4) is 5.75 Å². The summed E-state index contributed by atoms with van der Waals surface area (Å²) in [6, 6.07) is 16.1. The molecular weight excluding hydrogens is 438 g/mol. The summed E-state index contributed by atoms with van der Waals surface area (Å²) in [7, 11) is 0. The molecule has 0 aliphatic heterocycles. The van der Waals surface area contributed by atoms with Gasteiger partial charge in [-0.3, -0.25) is 10.4 Å². The van der Waals surface area contributed by atoms with Crippen molar-refractivity contribution in [2.75, 3.05) is 12.0 Å². The Hall–Kier alpha value is -2.40. The molecule has 30 heavy (non-hydrogen) atoms. The molecule has 4 nitrogen and oxygen atoms in total. The molecule has 0 aliphatic carbocycles. The summed E-state index contributed by atoms with van der Waals surface area (Å²) >= 11 is 3.53. The number of hydrogen-bond donors (Lipinski definition) is 1. The largest absolute Gasteiger partial charge is 0.494 e. The fourth-order valence-electron chi connectivity index (χ4n) is 3.32. The van der Waals surface area contributed by atoms with Crippen LogP contribution in [-0.4, -0.2) is 17.8 Å². The third-order valence-corrected chi connectivity index (χ3v) is 5.44. The molecule has 158 valence electrons. The van der Waals surface area contributed by atoms with Gasteiger partial charge >= 0.3 is 0 Å². The number of aryl methyl sites for hydroxylation is 1. The number of unbranched alkanes of at least 4 members (excludes halogenated alkanes) is 5. The van der Waals surface area contributed by atoms with Crippen LogP contribution in [-0.2, 0) is 0 Å². The Morgan fingerprint density at radius 1 is 1.00 bits per heavy atom. The lowest BCUT2D eigenvalue weighted by Crippen LogP contribution is -1.98. The van der Waals surface area contributed by atoms with E-state index in [4.69, 9.17) is 4.74 Å². The van der Waals surface area contributed by atoms with Crippen LogP contribution >= 0.6 is 15.9 Å². The number of nitrogens with one attached hydrogen (secondary N) is 1. The van der Waals surface area contributed by atoms with E-state index in [1.807, 2.05) is 55.6 Å². The van der Waals surface area contributed by atoms with Crippen LogP contribution in [0.4, 0.5) is 5.69 Å². The summed E-state index contributed by atoms with van der Waals surface area (Å²) in [5, 5.41) is 5.45. The second-order valence-electron chi connectivity index (χ2n) is 7.53. The summed E-state index contributed by atoms with van der Waals surface area (Å²) in [6.45, 7) is 5.01. The highest BCUT2D eigenvalue weighted by molar-refractivity contribution is 9.10. The van der Waals surface area contributed by atoms with E-state index >= 15 is 0 Å². The van der Waals surface area contributed by atoms with Gasteiger partial charge in [0.25, 0.3) is 0 Å². The van der Waals surface area contributed by atoms with Crippen molar-refractivity contribution in [1.82, 2.24) is 4.98 Å². The normalized spacial score (nSPS) is 11.3. The van der Waals surface area contributed by atoms with Gasteiger partial charge in [-0.15, -0.1) is 0 Å². The van der Waals surface area contributed by atoms with Gasteiger partial charge in [0.15, 0.2) is 0 Å². The zero-order valence-electron chi connectivity index (χ0n) is 17.8. The molecular formula is C25H30BrN3O. The Morgan fingerprint density at radius 3 is 2.57 bits per heavy atom. The predicted molar refractivity (Wildman–Crippen MR) is 131 cm³/mol. The Morgan fingerprint density at radius 2 is 1.77 bits per heavy atom. The summed E-state index contributed by atoms with van der Waals surface area (Å²) in [4.78, 5) is 4.58. The number of aromatic nitrogens is 1. The fourth-order valence-corrected chi connectivity index (χ4v) is 3.68. The number of nitrogens with zero attached hydrogens (tertiary/aromatic N) is 2. The van der Waals surface area contributed by atoms with Gasteiger partial charge in [0, 0.05) is 15.6 Å². The molecule has 0 bridgehead atoms. The molecule has 0 atom stereocenters. The average molecular weight is 468 g/mol. The van der Waals surface area contributed by atoms with Crippen LogP contribution in [0.15, 0.2) is 58.1 Å². The van der Waals surface area contributed by atoms with Crippen molar-refractivity contribution < 1.29 is 4.74 Å². The molecule has 0 spiro atoms. The van der Waals surface area contributed by atoms with E-state index in [1.165, 1.54) is 32.1 Å². The van der Waals surface area contributed by atoms with E-state index < -0.39 is 0 Å². The summed E-state index contributed by atoms with van der Waals surface area (Å²) in [5.41, 5.74) is 7.02. The molecule has 1 N–H and O–H groups in total. The van der Waals surface area contributed by atoms with Gasteiger partial charge in [0.1, 0.15) is 5.75 Å². The van der Waals surface area contributed by atoms with E-state index in [2.05, 4.69) is 44.4 Å². The van der Waals surface area contributed by atoms with Crippen molar-refractivity contribution in [2.24, 2.45) is 5.10 Å².